The molecule has 1 saturated heterocycles. The Kier molecular flexibility index (Phi) is 7.11. The third kappa shape index (κ3) is 5.50. The van der Waals surface area contributed by atoms with E-state index < -0.39 is 11.7 Å². The van der Waals surface area contributed by atoms with E-state index >= 15 is 0 Å². The molecule has 0 spiro atoms. The molecule has 31 heavy (non-hydrogen) atoms. The number of nitrogens with zero attached hydrogens (tertiary/aromatic N) is 1. The third-order valence-corrected chi connectivity index (χ3v) is 5.75. The summed E-state index contributed by atoms with van der Waals surface area (Å²) in [5.74, 6) is 0.709. The number of likely N-dealkylation sites (N-methyl/N-ethyl adjacent to an activating group) is 1. The number of thioether (sulfide) groups is 1. The summed E-state index contributed by atoms with van der Waals surface area (Å²) in [6, 6.07) is 9.84. The Balaban J connectivity index is 1.71. The minimum atomic E-state index is -4.44. The first-order valence-corrected chi connectivity index (χ1v) is 10.2. The number of thiocarbonyl (C=S) groups is 1. The van der Waals surface area contributed by atoms with Crippen LogP contribution in [-0.4, -0.2) is 42.5 Å². The van der Waals surface area contributed by atoms with Crippen LogP contribution in [0.15, 0.2) is 47.4 Å². The van der Waals surface area contributed by atoms with Gasteiger partial charge in [-0.3, -0.25) is 9.69 Å². The summed E-state index contributed by atoms with van der Waals surface area (Å²) in [6.45, 7) is 0.0576. The quantitative estimate of drug-likeness (QED) is 0.323. The van der Waals surface area contributed by atoms with Crippen molar-refractivity contribution in [3.8, 4) is 17.2 Å². The molecule has 0 aromatic heterocycles. The smallest absolute Gasteiger partial charge is 0.416 e. The van der Waals surface area contributed by atoms with Gasteiger partial charge in [0.15, 0.2) is 11.5 Å². The van der Waals surface area contributed by atoms with E-state index in [0.29, 0.717) is 26.3 Å². The van der Waals surface area contributed by atoms with Crippen molar-refractivity contribution in [3.05, 3.63) is 58.5 Å². The van der Waals surface area contributed by atoms with E-state index in [1.165, 1.54) is 35.9 Å². The van der Waals surface area contributed by atoms with Crippen LogP contribution in [-0.2, 0) is 11.0 Å². The number of alkyl halides is 3. The van der Waals surface area contributed by atoms with Crippen LogP contribution in [0.5, 0.6) is 17.2 Å². The summed E-state index contributed by atoms with van der Waals surface area (Å²) in [5.41, 5.74) is -0.182. The van der Waals surface area contributed by atoms with Gasteiger partial charge in [0, 0.05) is 12.6 Å². The number of carbonyl (C=O) groups is 1. The Bertz CT molecular complexity index is 1020. The van der Waals surface area contributed by atoms with Crippen LogP contribution in [0.2, 0.25) is 0 Å². The van der Waals surface area contributed by atoms with Crippen LogP contribution in [0, 0.1) is 0 Å². The molecule has 1 amide bonds. The fourth-order valence-corrected chi connectivity index (χ4v) is 3.88. The first kappa shape index (κ1) is 23.0. The van der Waals surface area contributed by atoms with Crippen LogP contribution in [0.1, 0.15) is 11.1 Å². The standard InChI is InChI=1S/C21H18F3NO4S2/c1-25-19(26)17(31-20(25)30)11-13-5-3-8-16(27-2)18(13)29-10-9-28-15-7-4-6-14(12-15)21(22,23)24/h3-8,11-12H,9-10H2,1-2H3/b17-11-. The Morgan fingerprint density at radius 2 is 1.84 bits per heavy atom. The number of benzene rings is 2. The zero-order chi connectivity index (χ0) is 22.6. The van der Waals surface area contributed by atoms with Gasteiger partial charge in [-0.25, -0.2) is 0 Å². The van der Waals surface area contributed by atoms with E-state index in [0.717, 1.165) is 12.1 Å². The molecule has 0 aliphatic carbocycles. The van der Waals surface area contributed by atoms with Crippen molar-refractivity contribution >= 4 is 40.3 Å². The van der Waals surface area contributed by atoms with Crippen molar-refractivity contribution in [2.24, 2.45) is 0 Å². The predicted octanol–water partition coefficient (Wildman–Crippen LogP) is 5.00. The summed E-state index contributed by atoms with van der Waals surface area (Å²) in [4.78, 5) is 14.1. The minimum Gasteiger partial charge on any atom is -0.493 e. The van der Waals surface area contributed by atoms with Crippen LogP contribution < -0.4 is 14.2 Å². The number of hydrogen-bond donors (Lipinski definition) is 0. The average Bonchev–Trinajstić information content (AvgIpc) is 2.98. The zero-order valence-electron chi connectivity index (χ0n) is 16.6. The molecule has 3 rings (SSSR count). The lowest BCUT2D eigenvalue weighted by atomic mass is 10.1. The molecule has 5 nitrogen and oxygen atoms in total. The first-order chi connectivity index (χ1) is 14.7. The number of ether oxygens (including phenoxy) is 3. The summed E-state index contributed by atoms with van der Waals surface area (Å²) in [5, 5.41) is 0. The molecule has 1 fully saturated rings. The van der Waals surface area contributed by atoms with E-state index in [1.807, 2.05) is 0 Å². The highest BCUT2D eigenvalue weighted by molar-refractivity contribution is 8.26. The topological polar surface area (TPSA) is 48.0 Å². The number of carbonyl (C=O) groups excluding carboxylic acids is 1. The minimum absolute atomic E-state index is 0.00980. The number of methoxy groups -OCH3 is 1. The maximum atomic E-state index is 12.8. The van der Waals surface area contributed by atoms with Crippen LogP contribution in [0.3, 0.4) is 0 Å². The lowest BCUT2D eigenvalue weighted by Gasteiger charge is -2.14. The van der Waals surface area contributed by atoms with Gasteiger partial charge in [-0.1, -0.05) is 42.2 Å². The first-order valence-electron chi connectivity index (χ1n) is 9.02. The SMILES string of the molecule is COc1cccc(/C=C2\SC(=S)N(C)C2=O)c1OCCOc1cccc(C(F)(F)F)c1. The molecule has 1 heterocycles. The van der Waals surface area contributed by atoms with Crippen molar-refractivity contribution in [3.63, 3.8) is 0 Å². The van der Waals surface area contributed by atoms with Gasteiger partial charge in [0.05, 0.1) is 17.6 Å². The number of halogens is 3. The molecule has 0 radical (unpaired) electrons. The second kappa shape index (κ2) is 9.61. The molecule has 0 unspecified atom stereocenters. The summed E-state index contributed by atoms with van der Waals surface area (Å²) < 4.78 is 55.4. The molecule has 1 aliphatic rings. The molecule has 10 heteroatoms. The van der Waals surface area contributed by atoms with Gasteiger partial charge in [0.2, 0.25) is 0 Å². The lowest BCUT2D eigenvalue weighted by molar-refractivity contribution is -0.137. The number of amides is 1. The highest BCUT2D eigenvalue weighted by Crippen LogP contribution is 2.37. The van der Waals surface area contributed by atoms with Gasteiger partial charge in [0.25, 0.3) is 5.91 Å². The molecule has 2 aromatic carbocycles. The Morgan fingerprint density at radius 3 is 2.48 bits per heavy atom. The predicted molar refractivity (Wildman–Crippen MR) is 116 cm³/mol. The van der Waals surface area contributed by atoms with Crippen molar-refractivity contribution in [2.45, 2.75) is 6.18 Å². The Labute approximate surface area is 186 Å². The fourth-order valence-electron chi connectivity index (χ4n) is 2.71. The molecule has 2 aromatic rings. The Hall–Kier alpha value is -2.72. The highest BCUT2D eigenvalue weighted by Gasteiger charge is 2.31. The van der Waals surface area contributed by atoms with Gasteiger partial charge in [0.1, 0.15) is 23.3 Å². The monoisotopic (exact) mass is 469 g/mol. The maximum absolute atomic E-state index is 12.8. The molecule has 0 saturated carbocycles. The van der Waals surface area contributed by atoms with Gasteiger partial charge in [-0.15, -0.1) is 0 Å². The normalized spacial score (nSPS) is 15.5. The van der Waals surface area contributed by atoms with E-state index in [1.54, 1.807) is 31.3 Å². The van der Waals surface area contributed by atoms with Crippen LogP contribution in [0.25, 0.3) is 6.08 Å². The van der Waals surface area contributed by atoms with Crippen molar-refractivity contribution in [1.29, 1.82) is 0 Å². The van der Waals surface area contributed by atoms with Crippen molar-refractivity contribution in [1.82, 2.24) is 4.90 Å². The molecule has 0 bridgehead atoms. The van der Waals surface area contributed by atoms with Gasteiger partial charge < -0.3 is 14.2 Å². The third-order valence-electron chi connectivity index (χ3n) is 4.26. The number of para-hydroxylation sites is 1. The average molecular weight is 470 g/mol. The second-order valence-electron chi connectivity index (χ2n) is 6.34. The molecule has 0 N–H and O–H groups in total. The lowest BCUT2D eigenvalue weighted by Crippen LogP contribution is -2.22. The van der Waals surface area contributed by atoms with Crippen LogP contribution in [0.4, 0.5) is 13.2 Å². The van der Waals surface area contributed by atoms with E-state index in [4.69, 9.17) is 26.4 Å². The maximum Gasteiger partial charge on any atom is 0.416 e. The summed E-state index contributed by atoms with van der Waals surface area (Å²) >= 11 is 6.33. The van der Waals surface area contributed by atoms with Gasteiger partial charge in [-0.05, 0) is 30.3 Å². The van der Waals surface area contributed by atoms with Crippen molar-refractivity contribution in [2.75, 3.05) is 27.4 Å². The molecule has 164 valence electrons. The number of rotatable bonds is 7. The fraction of sp³-hybridized carbons (Fsp3) is 0.238. The summed E-state index contributed by atoms with van der Waals surface area (Å²) in [6.07, 6.45) is -2.78. The van der Waals surface area contributed by atoms with Gasteiger partial charge in [-0.2, -0.15) is 13.2 Å². The van der Waals surface area contributed by atoms with Gasteiger partial charge >= 0.3 is 6.18 Å². The molecular formula is C21H18F3NO4S2. The number of hydrogen-bond acceptors (Lipinski definition) is 6. The molecular weight excluding hydrogens is 451 g/mol. The van der Waals surface area contributed by atoms with E-state index in [9.17, 15) is 18.0 Å². The van der Waals surface area contributed by atoms with E-state index in [2.05, 4.69) is 0 Å². The Morgan fingerprint density at radius 1 is 1.13 bits per heavy atom. The summed E-state index contributed by atoms with van der Waals surface area (Å²) in [7, 11) is 3.09. The second-order valence-corrected chi connectivity index (χ2v) is 8.02. The van der Waals surface area contributed by atoms with E-state index in [-0.39, 0.29) is 24.9 Å². The molecule has 1 aliphatic heterocycles. The largest absolute Gasteiger partial charge is 0.493 e. The molecule has 0 atom stereocenters. The highest BCUT2D eigenvalue weighted by atomic mass is 32.2. The van der Waals surface area contributed by atoms with Crippen LogP contribution >= 0.6 is 24.0 Å². The van der Waals surface area contributed by atoms with Crippen molar-refractivity contribution < 1.29 is 32.2 Å². The zero-order valence-corrected chi connectivity index (χ0v) is 18.2.